The zero-order valence-electron chi connectivity index (χ0n) is 11.9. The van der Waals surface area contributed by atoms with Crippen molar-refractivity contribution in [2.45, 2.75) is 32.9 Å². The van der Waals surface area contributed by atoms with E-state index in [2.05, 4.69) is 35.9 Å². The minimum Gasteiger partial charge on any atom is -0.383 e. The summed E-state index contributed by atoms with van der Waals surface area (Å²) < 4.78 is 5.11. The van der Waals surface area contributed by atoms with E-state index in [4.69, 9.17) is 4.74 Å². The monoisotopic (exact) mass is 243 g/mol. The van der Waals surface area contributed by atoms with Gasteiger partial charge in [0, 0.05) is 51.9 Å². The number of likely N-dealkylation sites (N-methyl/N-ethyl adjacent to an activating group) is 1. The summed E-state index contributed by atoms with van der Waals surface area (Å²) in [6, 6.07) is 1.15. The molecule has 1 heterocycles. The molecular weight excluding hydrogens is 214 g/mol. The molecule has 0 saturated carbocycles. The summed E-state index contributed by atoms with van der Waals surface area (Å²) in [6.07, 6.45) is 0. The van der Waals surface area contributed by atoms with Gasteiger partial charge in [0.2, 0.25) is 0 Å². The highest BCUT2D eigenvalue weighted by molar-refractivity contribution is 4.78. The zero-order valence-corrected chi connectivity index (χ0v) is 11.9. The molecule has 102 valence electrons. The SMILES string of the molecule is CCN1CCN(CCNC(C)COC)CC1C. The third kappa shape index (κ3) is 5.34. The van der Waals surface area contributed by atoms with Crippen molar-refractivity contribution in [3.63, 3.8) is 0 Å². The van der Waals surface area contributed by atoms with Crippen LogP contribution in [0.4, 0.5) is 0 Å². The molecule has 1 aliphatic heterocycles. The molecule has 2 atom stereocenters. The van der Waals surface area contributed by atoms with Crippen molar-refractivity contribution in [1.82, 2.24) is 15.1 Å². The first-order valence-electron chi connectivity index (χ1n) is 6.86. The van der Waals surface area contributed by atoms with Crippen molar-refractivity contribution in [3.05, 3.63) is 0 Å². The van der Waals surface area contributed by atoms with E-state index in [1.807, 2.05) is 0 Å². The van der Waals surface area contributed by atoms with E-state index in [1.54, 1.807) is 7.11 Å². The average Bonchev–Trinajstić information content (AvgIpc) is 2.29. The number of piperazine rings is 1. The van der Waals surface area contributed by atoms with Crippen molar-refractivity contribution in [3.8, 4) is 0 Å². The first-order chi connectivity index (χ1) is 8.17. The maximum Gasteiger partial charge on any atom is 0.0613 e. The van der Waals surface area contributed by atoms with Crippen LogP contribution in [0.2, 0.25) is 0 Å². The quantitative estimate of drug-likeness (QED) is 0.710. The fourth-order valence-electron chi connectivity index (χ4n) is 2.52. The van der Waals surface area contributed by atoms with E-state index >= 15 is 0 Å². The van der Waals surface area contributed by atoms with Crippen molar-refractivity contribution < 1.29 is 4.74 Å². The Hall–Kier alpha value is -0.160. The third-order valence-electron chi connectivity index (χ3n) is 3.59. The Morgan fingerprint density at radius 1 is 1.41 bits per heavy atom. The van der Waals surface area contributed by atoms with Gasteiger partial charge in [-0.3, -0.25) is 9.80 Å². The Morgan fingerprint density at radius 3 is 2.76 bits per heavy atom. The summed E-state index contributed by atoms with van der Waals surface area (Å²) >= 11 is 0. The van der Waals surface area contributed by atoms with Crippen LogP contribution in [0.5, 0.6) is 0 Å². The minimum absolute atomic E-state index is 0.453. The van der Waals surface area contributed by atoms with Crippen LogP contribution < -0.4 is 5.32 Å². The number of nitrogens with zero attached hydrogens (tertiary/aromatic N) is 2. The van der Waals surface area contributed by atoms with Gasteiger partial charge in [0.15, 0.2) is 0 Å². The van der Waals surface area contributed by atoms with Gasteiger partial charge in [-0.25, -0.2) is 0 Å². The van der Waals surface area contributed by atoms with Crippen LogP contribution in [0.3, 0.4) is 0 Å². The van der Waals surface area contributed by atoms with E-state index in [-0.39, 0.29) is 0 Å². The summed E-state index contributed by atoms with van der Waals surface area (Å²) in [7, 11) is 1.75. The Labute approximate surface area is 106 Å². The fraction of sp³-hybridized carbons (Fsp3) is 1.00. The van der Waals surface area contributed by atoms with Crippen LogP contribution in [0.1, 0.15) is 20.8 Å². The van der Waals surface area contributed by atoms with Gasteiger partial charge in [-0.05, 0) is 20.4 Å². The Kier molecular flexibility index (Phi) is 7.04. The standard InChI is InChI=1S/C13H29N3O/c1-5-16-9-8-15(10-13(16)3)7-6-14-12(2)11-17-4/h12-14H,5-11H2,1-4H3. The lowest BCUT2D eigenvalue weighted by Crippen LogP contribution is -2.53. The Morgan fingerprint density at radius 2 is 2.18 bits per heavy atom. The molecule has 1 fully saturated rings. The van der Waals surface area contributed by atoms with Gasteiger partial charge < -0.3 is 10.1 Å². The van der Waals surface area contributed by atoms with Crippen LogP contribution in [0, 0.1) is 0 Å². The van der Waals surface area contributed by atoms with Gasteiger partial charge in [0.05, 0.1) is 6.61 Å². The zero-order chi connectivity index (χ0) is 12.7. The molecule has 2 unspecified atom stereocenters. The number of rotatable bonds is 7. The molecule has 4 nitrogen and oxygen atoms in total. The van der Waals surface area contributed by atoms with Crippen LogP contribution >= 0.6 is 0 Å². The molecule has 1 aliphatic rings. The highest BCUT2D eigenvalue weighted by Crippen LogP contribution is 2.07. The molecule has 17 heavy (non-hydrogen) atoms. The molecule has 1 rings (SSSR count). The first-order valence-corrected chi connectivity index (χ1v) is 6.86. The maximum absolute atomic E-state index is 5.11. The molecule has 1 saturated heterocycles. The maximum atomic E-state index is 5.11. The molecule has 0 aromatic carbocycles. The first kappa shape index (κ1) is 14.9. The van der Waals surface area contributed by atoms with Gasteiger partial charge in [0.25, 0.3) is 0 Å². The number of methoxy groups -OCH3 is 1. The topological polar surface area (TPSA) is 27.7 Å². The minimum atomic E-state index is 0.453. The summed E-state index contributed by atoms with van der Waals surface area (Å²) in [5.41, 5.74) is 0. The second-order valence-electron chi connectivity index (χ2n) is 5.09. The van der Waals surface area contributed by atoms with E-state index in [0.29, 0.717) is 12.1 Å². The van der Waals surface area contributed by atoms with Gasteiger partial charge in [-0.1, -0.05) is 6.92 Å². The van der Waals surface area contributed by atoms with E-state index in [1.165, 1.54) is 26.2 Å². The molecule has 0 aromatic heterocycles. The second kappa shape index (κ2) is 8.03. The molecule has 0 spiro atoms. The smallest absolute Gasteiger partial charge is 0.0613 e. The highest BCUT2D eigenvalue weighted by atomic mass is 16.5. The lowest BCUT2D eigenvalue weighted by Gasteiger charge is -2.39. The van der Waals surface area contributed by atoms with Crippen LogP contribution in [0.15, 0.2) is 0 Å². The van der Waals surface area contributed by atoms with E-state index < -0.39 is 0 Å². The molecule has 4 heteroatoms. The van der Waals surface area contributed by atoms with Crippen LogP contribution in [0.25, 0.3) is 0 Å². The molecule has 0 aliphatic carbocycles. The largest absolute Gasteiger partial charge is 0.383 e. The van der Waals surface area contributed by atoms with Gasteiger partial charge >= 0.3 is 0 Å². The van der Waals surface area contributed by atoms with Crippen LogP contribution in [-0.2, 0) is 4.74 Å². The number of hydrogen-bond donors (Lipinski definition) is 1. The second-order valence-corrected chi connectivity index (χ2v) is 5.09. The molecule has 0 aromatic rings. The molecule has 0 bridgehead atoms. The normalized spacial score (nSPS) is 25.1. The lowest BCUT2D eigenvalue weighted by atomic mass is 10.2. The van der Waals surface area contributed by atoms with Gasteiger partial charge in [0.1, 0.15) is 0 Å². The van der Waals surface area contributed by atoms with Crippen LogP contribution in [-0.4, -0.2) is 74.9 Å². The molecule has 0 amide bonds. The van der Waals surface area contributed by atoms with Crippen molar-refractivity contribution in [2.24, 2.45) is 0 Å². The average molecular weight is 243 g/mol. The number of hydrogen-bond acceptors (Lipinski definition) is 4. The third-order valence-corrected chi connectivity index (χ3v) is 3.59. The van der Waals surface area contributed by atoms with Crippen molar-refractivity contribution in [1.29, 1.82) is 0 Å². The Bertz CT molecular complexity index is 201. The van der Waals surface area contributed by atoms with Crippen molar-refractivity contribution >= 4 is 0 Å². The lowest BCUT2D eigenvalue weighted by molar-refractivity contribution is 0.0871. The summed E-state index contributed by atoms with van der Waals surface area (Å²) in [5.74, 6) is 0. The number of ether oxygens (including phenoxy) is 1. The molecular formula is C13H29N3O. The predicted octanol–water partition coefficient (Wildman–Crippen LogP) is 0.637. The van der Waals surface area contributed by atoms with E-state index in [0.717, 1.165) is 19.7 Å². The molecule has 1 N–H and O–H groups in total. The number of nitrogens with one attached hydrogen (secondary N) is 1. The van der Waals surface area contributed by atoms with Gasteiger partial charge in [-0.15, -0.1) is 0 Å². The van der Waals surface area contributed by atoms with Gasteiger partial charge in [-0.2, -0.15) is 0 Å². The fourth-order valence-corrected chi connectivity index (χ4v) is 2.52. The van der Waals surface area contributed by atoms with Crippen molar-refractivity contribution in [2.75, 3.05) is 53.0 Å². The predicted molar refractivity (Wildman–Crippen MR) is 72.5 cm³/mol. The summed E-state index contributed by atoms with van der Waals surface area (Å²) in [6.45, 7) is 14.5. The van der Waals surface area contributed by atoms with E-state index in [9.17, 15) is 0 Å². The Balaban J connectivity index is 2.12. The highest BCUT2D eigenvalue weighted by Gasteiger charge is 2.21. The summed E-state index contributed by atoms with van der Waals surface area (Å²) in [4.78, 5) is 5.11. The molecule has 0 radical (unpaired) electrons. The summed E-state index contributed by atoms with van der Waals surface area (Å²) in [5, 5.41) is 3.49.